The lowest BCUT2D eigenvalue weighted by atomic mass is 10.1. The summed E-state index contributed by atoms with van der Waals surface area (Å²) >= 11 is 0. The lowest BCUT2D eigenvalue weighted by Crippen LogP contribution is -2.49. The van der Waals surface area contributed by atoms with Gasteiger partial charge >= 0.3 is 5.69 Å². The zero-order valence-corrected chi connectivity index (χ0v) is 14.8. The predicted octanol–water partition coefficient (Wildman–Crippen LogP) is -3.11. The van der Waals surface area contributed by atoms with Gasteiger partial charge in [0.1, 0.15) is 24.1 Å². The van der Waals surface area contributed by atoms with Crippen LogP contribution in [0.2, 0.25) is 0 Å². The summed E-state index contributed by atoms with van der Waals surface area (Å²) in [4.78, 5) is 18.3. The number of azide groups is 1. The number of rotatable bonds is 6. The van der Waals surface area contributed by atoms with E-state index in [4.69, 9.17) is 25.5 Å². The number of nitrogens with zero attached hydrogens (tertiary/aromatic N) is 5. The first kappa shape index (κ1) is 21.4. The topological polar surface area (TPSA) is 239 Å². The average molecular weight is 416 g/mol. The molecule has 2 saturated heterocycles. The summed E-state index contributed by atoms with van der Waals surface area (Å²) in [7, 11) is 0. The summed E-state index contributed by atoms with van der Waals surface area (Å²) in [5, 5.41) is 53.2. The van der Waals surface area contributed by atoms with E-state index in [1.165, 1.54) is 6.07 Å². The number of hydrogen-bond acceptors (Lipinski definition) is 12. The number of nitrogen functional groups attached to an aromatic ring is 1. The standard InChI is InChI=1S/C14H20N6O9/c15-8-1-2-20(12(25)17-8)11-9(10(24)13(5-22,29-11)18-19-16)28-14(26)3-6(23)7(4-21)27-14/h1-2,6-7,9-11,21-24,26H,3-5H2,(H2,15,17,25)/t6-,7+,9+,10-,11+,13+,14-/m0/s1. The Morgan fingerprint density at radius 3 is 2.72 bits per heavy atom. The Morgan fingerprint density at radius 2 is 2.17 bits per heavy atom. The molecule has 0 saturated carbocycles. The van der Waals surface area contributed by atoms with Crippen molar-refractivity contribution in [2.75, 3.05) is 18.9 Å². The van der Waals surface area contributed by atoms with Crippen LogP contribution in [0.1, 0.15) is 12.6 Å². The molecule has 0 aromatic carbocycles. The fourth-order valence-electron chi connectivity index (χ4n) is 3.24. The molecule has 1 aromatic heterocycles. The number of aliphatic hydroxyl groups is 5. The summed E-state index contributed by atoms with van der Waals surface area (Å²) in [6.45, 7) is -1.62. The maximum Gasteiger partial charge on any atom is 0.351 e. The third-order valence-electron chi connectivity index (χ3n) is 4.68. The molecule has 1 aromatic rings. The zero-order chi connectivity index (χ0) is 21.4. The summed E-state index contributed by atoms with van der Waals surface area (Å²) in [6.07, 6.45) is -6.85. The van der Waals surface area contributed by atoms with E-state index in [0.29, 0.717) is 0 Å². The smallest absolute Gasteiger partial charge is 0.351 e. The summed E-state index contributed by atoms with van der Waals surface area (Å²) < 4.78 is 16.8. The molecule has 3 rings (SSSR count). The molecule has 15 nitrogen and oxygen atoms in total. The van der Waals surface area contributed by atoms with Gasteiger partial charge in [0.25, 0.3) is 5.97 Å². The highest BCUT2D eigenvalue weighted by molar-refractivity contribution is 5.23. The zero-order valence-electron chi connectivity index (χ0n) is 14.8. The molecule has 15 heteroatoms. The quantitative estimate of drug-likeness (QED) is 0.117. The Balaban J connectivity index is 2.00. The molecule has 7 atom stereocenters. The van der Waals surface area contributed by atoms with E-state index in [1.807, 2.05) is 0 Å². The van der Waals surface area contributed by atoms with Crippen molar-refractivity contribution in [2.24, 2.45) is 5.11 Å². The molecule has 2 aliphatic heterocycles. The minimum atomic E-state index is -2.48. The SMILES string of the molecule is [N-]=[N+]=N[C@]1(CO)O[C@@H](n2ccc(N)nc2=O)[C@H](O[C@]2(O)C[C@H](O)[C@@H](CO)O2)[C@@H]1O. The van der Waals surface area contributed by atoms with E-state index in [9.17, 15) is 30.3 Å². The second kappa shape index (κ2) is 7.83. The van der Waals surface area contributed by atoms with E-state index in [0.717, 1.165) is 10.8 Å². The van der Waals surface area contributed by atoms with Gasteiger partial charge in [-0.25, -0.2) is 4.79 Å². The molecule has 29 heavy (non-hydrogen) atoms. The Hall–Kier alpha value is -2.33. The van der Waals surface area contributed by atoms with Gasteiger partial charge in [-0.1, -0.05) is 5.11 Å². The number of aromatic nitrogens is 2. The van der Waals surface area contributed by atoms with Crippen LogP contribution < -0.4 is 11.4 Å². The number of anilines is 1. The summed E-state index contributed by atoms with van der Waals surface area (Å²) in [5.41, 5.74) is 11.1. The number of aliphatic hydroxyl groups excluding tert-OH is 4. The molecule has 2 aliphatic rings. The highest BCUT2D eigenvalue weighted by atomic mass is 16.8. The second-order valence-electron chi connectivity index (χ2n) is 6.59. The van der Waals surface area contributed by atoms with Crippen molar-refractivity contribution in [2.45, 2.75) is 48.8 Å². The van der Waals surface area contributed by atoms with E-state index in [-0.39, 0.29) is 5.82 Å². The normalized spacial score (nSPS) is 39.4. The lowest BCUT2D eigenvalue weighted by Gasteiger charge is -2.30. The van der Waals surface area contributed by atoms with Crippen LogP contribution in [0.3, 0.4) is 0 Å². The van der Waals surface area contributed by atoms with Gasteiger partial charge in [0, 0.05) is 11.1 Å². The maximum absolute atomic E-state index is 12.2. The Kier molecular flexibility index (Phi) is 5.77. The molecule has 3 heterocycles. The van der Waals surface area contributed by atoms with Gasteiger partial charge in [-0.05, 0) is 11.6 Å². The largest absolute Gasteiger partial charge is 0.394 e. The molecule has 0 unspecified atom stereocenters. The van der Waals surface area contributed by atoms with Gasteiger partial charge in [-0.2, -0.15) is 4.98 Å². The molecule has 160 valence electrons. The molecule has 0 bridgehead atoms. The van der Waals surface area contributed by atoms with E-state index < -0.39 is 67.7 Å². The number of nitrogens with two attached hydrogens (primary N) is 1. The first-order chi connectivity index (χ1) is 13.7. The van der Waals surface area contributed by atoms with Crippen molar-refractivity contribution in [3.05, 3.63) is 33.2 Å². The Morgan fingerprint density at radius 1 is 1.45 bits per heavy atom. The molecule has 0 amide bonds. The van der Waals surface area contributed by atoms with Gasteiger partial charge in [-0.15, -0.1) is 0 Å². The van der Waals surface area contributed by atoms with Gasteiger partial charge < -0.3 is 45.5 Å². The van der Waals surface area contributed by atoms with Crippen LogP contribution in [0.5, 0.6) is 0 Å². The molecule has 0 radical (unpaired) electrons. The van der Waals surface area contributed by atoms with E-state index in [1.54, 1.807) is 0 Å². The molecule has 2 fully saturated rings. The van der Waals surface area contributed by atoms with Crippen LogP contribution >= 0.6 is 0 Å². The van der Waals surface area contributed by atoms with Crippen LogP contribution in [0.4, 0.5) is 5.82 Å². The molecule has 0 spiro atoms. The fraction of sp³-hybridized carbons (Fsp3) is 0.714. The molecular weight excluding hydrogens is 396 g/mol. The van der Waals surface area contributed by atoms with Gasteiger partial charge in [0.2, 0.25) is 5.72 Å². The predicted molar refractivity (Wildman–Crippen MR) is 90.4 cm³/mol. The molecule has 0 aliphatic carbocycles. The summed E-state index contributed by atoms with van der Waals surface area (Å²) in [6, 6.07) is 1.24. The monoisotopic (exact) mass is 416 g/mol. The maximum atomic E-state index is 12.2. The van der Waals surface area contributed by atoms with Crippen molar-refractivity contribution < 1.29 is 39.7 Å². The average Bonchev–Trinajstić information content (AvgIpc) is 3.10. The third kappa shape index (κ3) is 3.78. The Bertz CT molecular complexity index is 862. The Labute approximate surface area is 162 Å². The first-order valence-corrected chi connectivity index (χ1v) is 8.43. The van der Waals surface area contributed by atoms with Crippen molar-refractivity contribution in [1.82, 2.24) is 9.55 Å². The van der Waals surface area contributed by atoms with E-state index in [2.05, 4.69) is 15.0 Å². The van der Waals surface area contributed by atoms with Crippen molar-refractivity contribution in [1.29, 1.82) is 0 Å². The third-order valence-corrected chi connectivity index (χ3v) is 4.68. The van der Waals surface area contributed by atoms with Crippen LogP contribution in [-0.2, 0) is 14.2 Å². The minimum absolute atomic E-state index is 0.0996. The van der Waals surface area contributed by atoms with Crippen LogP contribution in [0.15, 0.2) is 22.2 Å². The fourth-order valence-corrected chi connectivity index (χ4v) is 3.24. The van der Waals surface area contributed by atoms with Gasteiger partial charge in [0.15, 0.2) is 6.23 Å². The van der Waals surface area contributed by atoms with Crippen LogP contribution in [-0.4, -0.2) is 84.4 Å². The van der Waals surface area contributed by atoms with Crippen LogP contribution in [0.25, 0.3) is 10.4 Å². The molecule has 7 N–H and O–H groups in total. The summed E-state index contributed by atoms with van der Waals surface area (Å²) in [5.74, 6) is -2.58. The lowest BCUT2D eigenvalue weighted by molar-refractivity contribution is -0.376. The number of ether oxygens (including phenoxy) is 3. The second-order valence-corrected chi connectivity index (χ2v) is 6.59. The van der Waals surface area contributed by atoms with Crippen molar-refractivity contribution >= 4 is 5.82 Å². The first-order valence-electron chi connectivity index (χ1n) is 8.43. The minimum Gasteiger partial charge on any atom is -0.394 e. The highest BCUT2D eigenvalue weighted by Gasteiger charge is 2.59. The van der Waals surface area contributed by atoms with Crippen LogP contribution in [0, 0.1) is 0 Å². The van der Waals surface area contributed by atoms with Crippen molar-refractivity contribution in [3.8, 4) is 0 Å². The van der Waals surface area contributed by atoms with Crippen molar-refractivity contribution in [3.63, 3.8) is 0 Å². The highest BCUT2D eigenvalue weighted by Crippen LogP contribution is 2.43. The van der Waals surface area contributed by atoms with Gasteiger partial charge in [-0.3, -0.25) is 4.57 Å². The molecular formula is C14H20N6O9. The van der Waals surface area contributed by atoms with E-state index >= 15 is 0 Å². The van der Waals surface area contributed by atoms with Gasteiger partial charge in [0.05, 0.1) is 25.7 Å². The number of hydrogen-bond donors (Lipinski definition) is 6.